The number of nitrogens with one attached hydrogen (secondary N) is 1. The lowest BCUT2D eigenvalue weighted by atomic mass is 9.48. The van der Waals surface area contributed by atoms with Crippen LogP contribution in [0.1, 0.15) is 67.4 Å². The first-order chi connectivity index (χ1) is 13.7. The van der Waals surface area contributed by atoms with E-state index in [-0.39, 0.29) is 11.3 Å². The molecule has 146 valence electrons. The number of para-hydroxylation sites is 1. The number of aromatic nitrogens is 1. The third-order valence-corrected chi connectivity index (χ3v) is 7.92. The third kappa shape index (κ3) is 2.68. The predicted octanol–water partition coefficient (Wildman–Crippen LogP) is 4.44. The van der Waals surface area contributed by atoms with Gasteiger partial charge in [0.15, 0.2) is 0 Å². The Bertz CT molecular complexity index is 895. The Balaban J connectivity index is 1.44. The molecule has 7 rings (SSSR count). The smallest absolute Gasteiger partial charge is 0.283 e. The maximum Gasteiger partial charge on any atom is 0.284 e. The summed E-state index contributed by atoms with van der Waals surface area (Å²) >= 11 is 0. The molecular formula is C24H29N3O. The molecule has 1 amide bonds. The van der Waals surface area contributed by atoms with Crippen LogP contribution in [-0.2, 0) is 5.41 Å². The van der Waals surface area contributed by atoms with Crippen LogP contribution in [0.15, 0.2) is 30.3 Å². The Morgan fingerprint density at radius 1 is 1.00 bits per heavy atom. The Morgan fingerprint density at radius 2 is 1.64 bits per heavy atom. The quantitative estimate of drug-likeness (QED) is 0.862. The molecule has 1 aliphatic heterocycles. The number of nitrogens with zero attached hydrogens (tertiary/aromatic N) is 2. The Kier molecular flexibility index (Phi) is 3.81. The zero-order valence-electron chi connectivity index (χ0n) is 16.5. The average molecular weight is 376 g/mol. The first-order valence-electron chi connectivity index (χ1n) is 11.1. The van der Waals surface area contributed by atoms with Crippen LogP contribution in [0.5, 0.6) is 0 Å². The molecule has 4 saturated carbocycles. The van der Waals surface area contributed by atoms with Crippen molar-refractivity contribution in [2.45, 2.75) is 56.8 Å². The minimum atomic E-state index is -0.0429. The van der Waals surface area contributed by atoms with Gasteiger partial charge in [-0.25, -0.2) is 9.99 Å². The number of hydrogen-bond acceptors (Lipinski definition) is 3. The molecule has 4 heteroatoms. The minimum Gasteiger partial charge on any atom is -0.283 e. The van der Waals surface area contributed by atoms with Crippen LogP contribution >= 0.6 is 0 Å². The lowest BCUT2D eigenvalue weighted by Gasteiger charge is -2.57. The minimum absolute atomic E-state index is 0.0429. The molecule has 1 aromatic carbocycles. The van der Waals surface area contributed by atoms with Gasteiger partial charge in [0.1, 0.15) is 5.69 Å². The van der Waals surface area contributed by atoms with Gasteiger partial charge in [0.05, 0.1) is 5.52 Å². The van der Waals surface area contributed by atoms with Crippen molar-refractivity contribution in [3.8, 4) is 0 Å². The summed E-state index contributed by atoms with van der Waals surface area (Å²) < 4.78 is 0. The van der Waals surface area contributed by atoms with Gasteiger partial charge in [-0.3, -0.25) is 10.2 Å². The van der Waals surface area contributed by atoms with E-state index in [1.807, 2.05) is 11.1 Å². The summed E-state index contributed by atoms with van der Waals surface area (Å²) in [5, 5.41) is 3.31. The molecule has 4 nitrogen and oxygen atoms in total. The van der Waals surface area contributed by atoms with Crippen LogP contribution < -0.4 is 5.43 Å². The van der Waals surface area contributed by atoms with E-state index in [1.54, 1.807) is 0 Å². The summed E-state index contributed by atoms with van der Waals surface area (Å²) in [6.45, 7) is 1.89. The Morgan fingerprint density at radius 3 is 2.32 bits per heavy atom. The van der Waals surface area contributed by atoms with Gasteiger partial charge < -0.3 is 0 Å². The first kappa shape index (κ1) is 17.0. The van der Waals surface area contributed by atoms with Crippen LogP contribution in [0.4, 0.5) is 0 Å². The standard InChI is InChI=1S/C24H29N3O/c28-23(26-27-7-3-4-8-27)22-12-20(19-5-1-2-6-21(19)25-22)24-13-16-9-17(14-24)11-18(10-16)15-24/h1-2,5-6,12,16-18H,3-4,7-11,13-15H2,(H,26,28). The molecule has 2 aromatic rings. The van der Waals surface area contributed by atoms with Crippen molar-refractivity contribution in [1.82, 2.24) is 15.4 Å². The fourth-order valence-electron chi connectivity index (χ4n) is 7.20. The molecule has 4 aliphatic carbocycles. The number of benzene rings is 1. The fourth-order valence-corrected chi connectivity index (χ4v) is 7.20. The van der Waals surface area contributed by atoms with Gasteiger partial charge in [-0.1, -0.05) is 18.2 Å². The van der Waals surface area contributed by atoms with Gasteiger partial charge in [0, 0.05) is 18.5 Å². The molecule has 1 aromatic heterocycles. The average Bonchev–Trinajstić information content (AvgIpc) is 3.19. The van der Waals surface area contributed by atoms with E-state index in [1.165, 1.54) is 49.5 Å². The van der Waals surface area contributed by atoms with E-state index in [0.29, 0.717) is 5.69 Å². The molecule has 2 heterocycles. The van der Waals surface area contributed by atoms with Crippen LogP contribution in [0, 0.1) is 17.8 Å². The van der Waals surface area contributed by atoms with Gasteiger partial charge in [-0.15, -0.1) is 0 Å². The molecule has 0 atom stereocenters. The van der Waals surface area contributed by atoms with E-state index >= 15 is 0 Å². The molecule has 0 unspecified atom stereocenters. The Labute approximate surface area is 166 Å². The van der Waals surface area contributed by atoms with Crippen molar-refractivity contribution in [3.05, 3.63) is 41.6 Å². The van der Waals surface area contributed by atoms with E-state index in [4.69, 9.17) is 4.98 Å². The molecule has 1 N–H and O–H groups in total. The molecule has 0 spiro atoms. The second-order valence-corrected chi connectivity index (χ2v) is 9.91. The lowest BCUT2D eigenvalue weighted by Crippen LogP contribution is -2.48. The van der Waals surface area contributed by atoms with Gasteiger partial charge in [0.25, 0.3) is 5.91 Å². The zero-order chi connectivity index (χ0) is 18.7. The van der Waals surface area contributed by atoms with Crippen molar-refractivity contribution in [2.24, 2.45) is 17.8 Å². The number of carbonyl (C=O) groups excluding carboxylic acids is 1. The number of carbonyl (C=O) groups is 1. The summed E-state index contributed by atoms with van der Waals surface area (Å²) in [6, 6.07) is 10.6. The van der Waals surface area contributed by atoms with E-state index in [0.717, 1.165) is 49.2 Å². The molecule has 5 fully saturated rings. The van der Waals surface area contributed by atoms with Crippen molar-refractivity contribution >= 4 is 16.8 Å². The van der Waals surface area contributed by atoms with Crippen LogP contribution in [0.3, 0.4) is 0 Å². The largest absolute Gasteiger partial charge is 0.284 e. The van der Waals surface area contributed by atoms with Crippen molar-refractivity contribution in [1.29, 1.82) is 0 Å². The number of amides is 1. The molecular weight excluding hydrogens is 346 g/mol. The second kappa shape index (κ2) is 6.28. The van der Waals surface area contributed by atoms with Crippen molar-refractivity contribution in [2.75, 3.05) is 13.1 Å². The zero-order valence-corrected chi connectivity index (χ0v) is 16.5. The SMILES string of the molecule is O=C(NN1CCCC1)c1cc(C23CC4CC(CC(C4)C2)C3)c2ccccc2n1. The first-order valence-corrected chi connectivity index (χ1v) is 11.1. The van der Waals surface area contributed by atoms with Crippen LogP contribution in [-0.4, -0.2) is 29.0 Å². The monoisotopic (exact) mass is 375 g/mol. The number of hydrazine groups is 1. The Hall–Kier alpha value is -1.94. The number of pyridine rings is 1. The van der Waals surface area contributed by atoms with E-state index in [2.05, 4.69) is 29.7 Å². The van der Waals surface area contributed by atoms with Gasteiger partial charge in [0.2, 0.25) is 0 Å². The van der Waals surface area contributed by atoms with Gasteiger partial charge in [-0.2, -0.15) is 0 Å². The van der Waals surface area contributed by atoms with E-state index < -0.39 is 0 Å². The summed E-state index contributed by atoms with van der Waals surface area (Å²) in [7, 11) is 0. The summed E-state index contributed by atoms with van der Waals surface area (Å²) in [6.07, 6.45) is 10.5. The maximum atomic E-state index is 13.0. The molecule has 0 radical (unpaired) electrons. The topological polar surface area (TPSA) is 45.2 Å². The highest BCUT2D eigenvalue weighted by Crippen LogP contribution is 2.61. The summed E-state index contributed by atoms with van der Waals surface area (Å²) in [5.41, 5.74) is 6.33. The van der Waals surface area contributed by atoms with Gasteiger partial charge in [-0.05, 0) is 92.2 Å². The summed E-state index contributed by atoms with van der Waals surface area (Å²) in [5.74, 6) is 2.62. The predicted molar refractivity (Wildman–Crippen MR) is 110 cm³/mol. The fraction of sp³-hybridized carbons (Fsp3) is 0.583. The molecule has 1 saturated heterocycles. The third-order valence-electron chi connectivity index (χ3n) is 7.92. The highest BCUT2D eigenvalue weighted by molar-refractivity contribution is 5.96. The summed E-state index contributed by atoms with van der Waals surface area (Å²) in [4.78, 5) is 17.8. The van der Waals surface area contributed by atoms with E-state index in [9.17, 15) is 4.79 Å². The highest BCUT2D eigenvalue weighted by Gasteiger charge is 2.52. The van der Waals surface area contributed by atoms with Gasteiger partial charge >= 0.3 is 0 Å². The lowest BCUT2D eigenvalue weighted by molar-refractivity contribution is -0.00454. The normalized spacial score (nSPS) is 34.2. The molecule has 5 aliphatic rings. The van der Waals surface area contributed by atoms with Crippen LogP contribution in [0.25, 0.3) is 10.9 Å². The number of fused-ring (bicyclic) bond motifs is 1. The number of hydrogen-bond donors (Lipinski definition) is 1. The second-order valence-electron chi connectivity index (χ2n) is 9.91. The number of rotatable bonds is 3. The van der Waals surface area contributed by atoms with Crippen LogP contribution in [0.2, 0.25) is 0 Å². The maximum absolute atomic E-state index is 13.0. The van der Waals surface area contributed by atoms with Crippen molar-refractivity contribution < 1.29 is 4.79 Å². The molecule has 4 bridgehead atoms. The van der Waals surface area contributed by atoms with Crippen molar-refractivity contribution in [3.63, 3.8) is 0 Å². The highest BCUT2D eigenvalue weighted by atomic mass is 16.2. The molecule has 28 heavy (non-hydrogen) atoms.